The van der Waals surface area contributed by atoms with Gasteiger partial charge in [-0.2, -0.15) is 0 Å². The Morgan fingerprint density at radius 2 is 1.75 bits per heavy atom. The minimum absolute atomic E-state index is 0.0458. The standard InChI is InChI=1S/C18H16Cl2N2O2/c1-22(12-5-3-2-4-6-12)18(24)14-10-13(14)17(23)21-11-7-8-15(19)16(20)9-11/h2-9,13-14H,10H2,1H3,(H,21,23). The van der Waals surface area contributed by atoms with E-state index in [9.17, 15) is 9.59 Å². The van der Waals surface area contributed by atoms with E-state index in [2.05, 4.69) is 5.32 Å². The third kappa shape index (κ3) is 3.55. The molecule has 3 rings (SSSR count). The van der Waals surface area contributed by atoms with Gasteiger partial charge in [-0.15, -0.1) is 0 Å². The van der Waals surface area contributed by atoms with E-state index in [0.29, 0.717) is 22.2 Å². The average molecular weight is 363 g/mol. The molecule has 1 aliphatic carbocycles. The summed E-state index contributed by atoms with van der Waals surface area (Å²) >= 11 is 11.8. The Bertz CT molecular complexity index is 780. The van der Waals surface area contributed by atoms with Crippen LogP contribution in [-0.4, -0.2) is 18.9 Å². The SMILES string of the molecule is CN(C(=O)C1CC1C(=O)Nc1ccc(Cl)c(Cl)c1)c1ccccc1. The lowest BCUT2D eigenvalue weighted by Gasteiger charge is -2.17. The molecule has 2 unspecified atom stereocenters. The number of nitrogens with one attached hydrogen (secondary N) is 1. The van der Waals surface area contributed by atoms with Crippen molar-refractivity contribution in [3.63, 3.8) is 0 Å². The maximum atomic E-state index is 12.5. The van der Waals surface area contributed by atoms with Gasteiger partial charge in [-0.05, 0) is 36.8 Å². The topological polar surface area (TPSA) is 49.4 Å². The van der Waals surface area contributed by atoms with Crippen LogP contribution in [0.1, 0.15) is 6.42 Å². The molecular weight excluding hydrogens is 347 g/mol. The molecule has 1 saturated carbocycles. The van der Waals surface area contributed by atoms with Crippen molar-refractivity contribution in [1.29, 1.82) is 0 Å². The van der Waals surface area contributed by atoms with E-state index in [1.54, 1.807) is 30.1 Å². The second-order valence-electron chi connectivity index (χ2n) is 5.80. The van der Waals surface area contributed by atoms with Crippen molar-refractivity contribution in [3.8, 4) is 0 Å². The Morgan fingerprint density at radius 1 is 1.04 bits per heavy atom. The van der Waals surface area contributed by atoms with E-state index >= 15 is 0 Å². The largest absolute Gasteiger partial charge is 0.326 e. The van der Waals surface area contributed by atoms with Crippen LogP contribution in [-0.2, 0) is 9.59 Å². The van der Waals surface area contributed by atoms with Crippen LogP contribution in [0.4, 0.5) is 11.4 Å². The first kappa shape index (κ1) is 16.8. The third-order valence-corrected chi connectivity index (χ3v) is 4.84. The number of benzene rings is 2. The molecule has 0 radical (unpaired) electrons. The molecule has 24 heavy (non-hydrogen) atoms. The van der Waals surface area contributed by atoms with Crippen LogP contribution in [0, 0.1) is 11.8 Å². The fourth-order valence-electron chi connectivity index (χ4n) is 2.59. The van der Waals surface area contributed by atoms with Crippen LogP contribution in [0.5, 0.6) is 0 Å². The highest BCUT2D eigenvalue weighted by molar-refractivity contribution is 6.42. The van der Waals surface area contributed by atoms with E-state index < -0.39 is 0 Å². The van der Waals surface area contributed by atoms with Crippen molar-refractivity contribution < 1.29 is 9.59 Å². The van der Waals surface area contributed by atoms with Crippen molar-refractivity contribution in [2.24, 2.45) is 11.8 Å². The minimum atomic E-state index is -0.307. The number of amides is 2. The monoisotopic (exact) mass is 362 g/mol. The Hall–Kier alpha value is -2.04. The normalized spacial score (nSPS) is 18.8. The van der Waals surface area contributed by atoms with Crippen molar-refractivity contribution in [3.05, 3.63) is 58.6 Å². The quantitative estimate of drug-likeness (QED) is 0.884. The number of hydrogen-bond acceptors (Lipinski definition) is 2. The Kier molecular flexibility index (Phi) is 4.78. The van der Waals surface area contributed by atoms with Gasteiger partial charge in [0.1, 0.15) is 0 Å². The van der Waals surface area contributed by atoms with E-state index in [0.717, 1.165) is 5.69 Å². The lowest BCUT2D eigenvalue weighted by Crippen LogP contribution is -2.29. The van der Waals surface area contributed by atoms with E-state index in [-0.39, 0.29) is 23.7 Å². The molecule has 124 valence electrons. The summed E-state index contributed by atoms with van der Waals surface area (Å²) in [5.41, 5.74) is 1.39. The Balaban J connectivity index is 1.61. The highest BCUT2D eigenvalue weighted by Gasteiger charge is 2.49. The molecule has 0 spiro atoms. The van der Waals surface area contributed by atoms with Gasteiger partial charge in [-0.1, -0.05) is 41.4 Å². The summed E-state index contributed by atoms with van der Waals surface area (Å²) in [5, 5.41) is 3.59. The number of anilines is 2. The van der Waals surface area contributed by atoms with Crippen molar-refractivity contribution >= 4 is 46.4 Å². The third-order valence-electron chi connectivity index (χ3n) is 4.11. The smallest absolute Gasteiger partial charge is 0.230 e. The molecule has 2 amide bonds. The van der Waals surface area contributed by atoms with Crippen molar-refractivity contribution in [2.45, 2.75) is 6.42 Å². The van der Waals surface area contributed by atoms with Gasteiger partial charge < -0.3 is 10.2 Å². The molecule has 1 N–H and O–H groups in total. The minimum Gasteiger partial charge on any atom is -0.326 e. The van der Waals surface area contributed by atoms with Crippen molar-refractivity contribution in [1.82, 2.24) is 0 Å². The van der Waals surface area contributed by atoms with Gasteiger partial charge in [0.15, 0.2) is 0 Å². The molecule has 2 atom stereocenters. The van der Waals surface area contributed by atoms with E-state index in [1.165, 1.54) is 0 Å². The Morgan fingerprint density at radius 3 is 2.42 bits per heavy atom. The lowest BCUT2D eigenvalue weighted by molar-refractivity contribution is -0.123. The predicted molar refractivity (Wildman–Crippen MR) is 96.5 cm³/mol. The summed E-state index contributed by atoms with van der Waals surface area (Å²) in [4.78, 5) is 26.4. The molecule has 0 heterocycles. The zero-order chi connectivity index (χ0) is 17.3. The van der Waals surface area contributed by atoms with Gasteiger partial charge in [0, 0.05) is 18.4 Å². The lowest BCUT2D eigenvalue weighted by atomic mass is 10.2. The summed E-state index contributed by atoms with van der Waals surface area (Å²) < 4.78 is 0. The van der Waals surface area contributed by atoms with Gasteiger partial charge >= 0.3 is 0 Å². The highest BCUT2D eigenvalue weighted by Crippen LogP contribution is 2.41. The maximum Gasteiger partial charge on any atom is 0.230 e. The summed E-state index contributed by atoms with van der Waals surface area (Å²) in [5.74, 6) is -0.806. The molecule has 0 saturated heterocycles. The summed E-state index contributed by atoms with van der Waals surface area (Å²) in [6.45, 7) is 0. The number of halogens is 2. The van der Waals surface area contributed by atoms with Crippen LogP contribution >= 0.6 is 23.2 Å². The zero-order valence-corrected chi connectivity index (χ0v) is 14.5. The second kappa shape index (κ2) is 6.83. The molecule has 4 nitrogen and oxygen atoms in total. The fourth-order valence-corrected chi connectivity index (χ4v) is 2.89. The first-order chi connectivity index (χ1) is 11.5. The van der Waals surface area contributed by atoms with E-state index in [4.69, 9.17) is 23.2 Å². The first-order valence-electron chi connectivity index (χ1n) is 7.56. The zero-order valence-electron chi connectivity index (χ0n) is 13.0. The predicted octanol–water partition coefficient (Wildman–Crippen LogP) is 4.23. The number of hydrogen-bond donors (Lipinski definition) is 1. The summed E-state index contributed by atoms with van der Waals surface area (Å²) in [6, 6.07) is 14.3. The number of carbonyl (C=O) groups is 2. The molecular formula is C18H16Cl2N2O2. The highest BCUT2D eigenvalue weighted by atomic mass is 35.5. The molecule has 0 aromatic heterocycles. The van der Waals surface area contributed by atoms with Crippen LogP contribution in [0.25, 0.3) is 0 Å². The number of rotatable bonds is 4. The van der Waals surface area contributed by atoms with Gasteiger partial charge in [0.05, 0.1) is 21.9 Å². The molecule has 6 heteroatoms. The van der Waals surface area contributed by atoms with Crippen LogP contribution < -0.4 is 10.2 Å². The molecule has 1 aliphatic rings. The number of para-hydroxylation sites is 1. The van der Waals surface area contributed by atoms with Gasteiger partial charge in [0.2, 0.25) is 11.8 Å². The van der Waals surface area contributed by atoms with Crippen LogP contribution in [0.3, 0.4) is 0 Å². The van der Waals surface area contributed by atoms with Gasteiger partial charge in [-0.25, -0.2) is 0 Å². The second-order valence-corrected chi connectivity index (χ2v) is 6.61. The summed E-state index contributed by atoms with van der Waals surface area (Å²) in [6.07, 6.45) is 0.559. The van der Waals surface area contributed by atoms with Gasteiger partial charge in [-0.3, -0.25) is 9.59 Å². The molecule has 2 aromatic carbocycles. The molecule has 0 aliphatic heterocycles. The van der Waals surface area contributed by atoms with Crippen LogP contribution in [0.2, 0.25) is 10.0 Å². The number of carbonyl (C=O) groups excluding carboxylic acids is 2. The fraction of sp³-hybridized carbons (Fsp3) is 0.222. The maximum absolute atomic E-state index is 12.5. The molecule has 0 bridgehead atoms. The first-order valence-corrected chi connectivity index (χ1v) is 8.31. The Labute approximate surface area is 150 Å². The molecule has 1 fully saturated rings. The molecule has 2 aromatic rings. The van der Waals surface area contributed by atoms with Crippen LogP contribution in [0.15, 0.2) is 48.5 Å². The average Bonchev–Trinajstić information content (AvgIpc) is 3.38. The van der Waals surface area contributed by atoms with Gasteiger partial charge in [0.25, 0.3) is 0 Å². The van der Waals surface area contributed by atoms with Crippen molar-refractivity contribution in [2.75, 3.05) is 17.3 Å². The number of nitrogens with zero attached hydrogens (tertiary/aromatic N) is 1. The van der Waals surface area contributed by atoms with E-state index in [1.807, 2.05) is 30.3 Å². The summed E-state index contributed by atoms with van der Waals surface area (Å²) in [7, 11) is 1.73.